The van der Waals surface area contributed by atoms with Gasteiger partial charge in [-0.1, -0.05) is 23.7 Å². The van der Waals surface area contributed by atoms with Gasteiger partial charge < -0.3 is 10.6 Å². The highest BCUT2D eigenvalue weighted by molar-refractivity contribution is 8.00. The van der Waals surface area contributed by atoms with Crippen molar-refractivity contribution in [2.45, 2.75) is 0 Å². The number of para-hydroxylation sites is 1. The number of hydrogen-bond acceptors (Lipinski definition) is 3. The molecule has 0 aliphatic rings. The Morgan fingerprint density at radius 2 is 1.57 bits per heavy atom. The van der Waals surface area contributed by atoms with E-state index in [1.807, 2.05) is 0 Å². The van der Waals surface area contributed by atoms with Crippen LogP contribution in [0.2, 0.25) is 5.02 Å². The molecular formula is C16H14ClFN2O2S. The van der Waals surface area contributed by atoms with Gasteiger partial charge >= 0.3 is 0 Å². The van der Waals surface area contributed by atoms with Crippen LogP contribution in [-0.2, 0) is 9.59 Å². The summed E-state index contributed by atoms with van der Waals surface area (Å²) in [5.41, 5.74) is 0.763. The first-order valence-electron chi connectivity index (χ1n) is 6.72. The molecule has 2 aromatic carbocycles. The summed E-state index contributed by atoms with van der Waals surface area (Å²) in [6, 6.07) is 12.6. The molecule has 0 aliphatic carbocycles. The molecule has 0 saturated heterocycles. The third kappa shape index (κ3) is 5.92. The molecule has 120 valence electrons. The first kappa shape index (κ1) is 17.3. The highest BCUT2D eigenvalue weighted by atomic mass is 35.5. The number of halogens is 2. The molecule has 23 heavy (non-hydrogen) atoms. The van der Waals surface area contributed by atoms with Crippen molar-refractivity contribution in [1.82, 2.24) is 0 Å². The van der Waals surface area contributed by atoms with Crippen LogP contribution in [0.3, 0.4) is 0 Å². The molecule has 0 aromatic heterocycles. The minimum absolute atomic E-state index is 0.0579. The van der Waals surface area contributed by atoms with Gasteiger partial charge in [0, 0.05) is 10.7 Å². The molecule has 0 spiro atoms. The van der Waals surface area contributed by atoms with Crippen molar-refractivity contribution in [1.29, 1.82) is 0 Å². The summed E-state index contributed by atoms with van der Waals surface area (Å²) in [6.07, 6.45) is 0. The summed E-state index contributed by atoms with van der Waals surface area (Å²) in [4.78, 5) is 23.4. The zero-order valence-corrected chi connectivity index (χ0v) is 13.6. The molecule has 7 heteroatoms. The summed E-state index contributed by atoms with van der Waals surface area (Å²) in [5, 5.41) is 5.74. The topological polar surface area (TPSA) is 58.2 Å². The van der Waals surface area contributed by atoms with E-state index in [2.05, 4.69) is 10.6 Å². The van der Waals surface area contributed by atoms with E-state index in [1.165, 1.54) is 12.1 Å². The second kappa shape index (κ2) is 8.55. The molecule has 0 radical (unpaired) electrons. The Hall–Kier alpha value is -2.05. The third-order valence-electron chi connectivity index (χ3n) is 2.74. The number of carbonyl (C=O) groups excluding carboxylic acids is 2. The van der Waals surface area contributed by atoms with E-state index in [1.54, 1.807) is 36.4 Å². The zero-order chi connectivity index (χ0) is 16.7. The Labute approximate surface area is 142 Å². The van der Waals surface area contributed by atoms with Crippen LogP contribution in [0.1, 0.15) is 0 Å². The predicted molar refractivity (Wildman–Crippen MR) is 92.4 cm³/mol. The smallest absolute Gasteiger partial charge is 0.234 e. The van der Waals surface area contributed by atoms with E-state index in [0.29, 0.717) is 10.7 Å². The number of thioether (sulfide) groups is 1. The largest absolute Gasteiger partial charge is 0.325 e. The molecular weight excluding hydrogens is 339 g/mol. The summed E-state index contributed by atoms with van der Waals surface area (Å²) in [5.74, 6) is -0.905. The van der Waals surface area contributed by atoms with Gasteiger partial charge in [0.05, 0.1) is 17.2 Å². The molecule has 0 bridgehead atoms. The van der Waals surface area contributed by atoms with E-state index < -0.39 is 5.82 Å². The van der Waals surface area contributed by atoms with E-state index in [4.69, 9.17) is 11.6 Å². The van der Waals surface area contributed by atoms with Gasteiger partial charge in [-0.2, -0.15) is 0 Å². The Bertz CT molecular complexity index is 695. The van der Waals surface area contributed by atoms with Crippen molar-refractivity contribution in [3.63, 3.8) is 0 Å². The fraction of sp³-hybridized carbons (Fsp3) is 0.125. The lowest BCUT2D eigenvalue weighted by atomic mass is 10.3. The SMILES string of the molecule is O=C(CSCC(=O)Nc1ccccc1F)Nc1ccc(Cl)cc1. The zero-order valence-electron chi connectivity index (χ0n) is 12.0. The van der Waals surface area contributed by atoms with Gasteiger partial charge in [0.1, 0.15) is 5.82 Å². The average molecular weight is 353 g/mol. The van der Waals surface area contributed by atoms with Gasteiger partial charge in [-0.25, -0.2) is 4.39 Å². The Balaban J connectivity index is 1.72. The molecule has 0 heterocycles. The average Bonchev–Trinajstić information content (AvgIpc) is 2.52. The van der Waals surface area contributed by atoms with Crippen LogP contribution >= 0.6 is 23.4 Å². The Morgan fingerprint density at radius 1 is 0.957 bits per heavy atom. The summed E-state index contributed by atoms with van der Waals surface area (Å²) in [6.45, 7) is 0. The maximum atomic E-state index is 13.4. The molecule has 2 rings (SSSR count). The number of rotatable bonds is 6. The number of hydrogen-bond donors (Lipinski definition) is 2. The summed E-state index contributed by atoms with van der Waals surface area (Å²) in [7, 11) is 0. The quantitative estimate of drug-likeness (QED) is 0.831. The van der Waals surface area contributed by atoms with Crippen molar-refractivity contribution in [3.8, 4) is 0 Å². The fourth-order valence-corrected chi connectivity index (χ4v) is 2.46. The van der Waals surface area contributed by atoms with Gasteiger partial charge in [-0.15, -0.1) is 11.8 Å². The number of amides is 2. The first-order valence-corrected chi connectivity index (χ1v) is 8.25. The monoisotopic (exact) mass is 352 g/mol. The third-order valence-corrected chi connectivity index (χ3v) is 3.93. The normalized spacial score (nSPS) is 10.2. The van der Waals surface area contributed by atoms with Crippen LogP contribution < -0.4 is 10.6 Å². The molecule has 2 N–H and O–H groups in total. The fourth-order valence-electron chi connectivity index (χ4n) is 1.72. The highest BCUT2D eigenvalue weighted by Gasteiger charge is 2.08. The van der Waals surface area contributed by atoms with Crippen molar-refractivity contribution < 1.29 is 14.0 Å². The van der Waals surface area contributed by atoms with E-state index in [9.17, 15) is 14.0 Å². The molecule has 0 fully saturated rings. The molecule has 2 amide bonds. The standard InChI is InChI=1S/C16H14ClFN2O2S/c17-11-5-7-12(8-6-11)19-15(21)9-23-10-16(22)20-14-4-2-1-3-13(14)18/h1-8H,9-10H2,(H,19,21)(H,20,22). The lowest BCUT2D eigenvalue weighted by Gasteiger charge is -2.07. The number of carbonyl (C=O) groups is 2. The van der Waals surface area contributed by atoms with Crippen molar-refractivity contribution in [2.75, 3.05) is 22.1 Å². The van der Waals surface area contributed by atoms with Gasteiger partial charge in [0.25, 0.3) is 0 Å². The van der Waals surface area contributed by atoms with Crippen molar-refractivity contribution in [2.24, 2.45) is 0 Å². The van der Waals surface area contributed by atoms with Crippen molar-refractivity contribution in [3.05, 3.63) is 59.4 Å². The van der Waals surface area contributed by atoms with E-state index in [-0.39, 0.29) is 29.0 Å². The van der Waals surface area contributed by atoms with Gasteiger partial charge in [-0.05, 0) is 36.4 Å². The second-order valence-electron chi connectivity index (χ2n) is 4.58. The minimum atomic E-state index is -0.494. The van der Waals surface area contributed by atoms with Crippen LogP contribution in [-0.4, -0.2) is 23.3 Å². The Morgan fingerprint density at radius 3 is 2.22 bits per heavy atom. The second-order valence-corrected chi connectivity index (χ2v) is 6.00. The number of benzene rings is 2. The predicted octanol–water partition coefficient (Wildman–Crippen LogP) is 3.79. The number of anilines is 2. The van der Waals surface area contributed by atoms with Crippen LogP contribution in [0.15, 0.2) is 48.5 Å². The van der Waals surface area contributed by atoms with Gasteiger partial charge in [-0.3, -0.25) is 9.59 Å². The van der Waals surface area contributed by atoms with Crippen molar-refractivity contribution >= 4 is 46.6 Å². The Kier molecular flexibility index (Phi) is 6.43. The lowest BCUT2D eigenvalue weighted by Crippen LogP contribution is -2.18. The molecule has 0 aliphatic heterocycles. The van der Waals surface area contributed by atoms with Gasteiger partial charge in [0.15, 0.2) is 0 Å². The first-order chi connectivity index (χ1) is 11.0. The van der Waals surface area contributed by atoms with Gasteiger partial charge in [0.2, 0.25) is 11.8 Å². The van der Waals surface area contributed by atoms with Crippen LogP contribution in [0.25, 0.3) is 0 Å². The molecule has 2 aromatic rings. The van der Waals surface area contributed by atoms with E-state index in [0.717, 1.165) is 11.8 Å². The maximum absolute atomic E-state index is 13.4. The van der Waals surface area contributed by atoms with Crippen LogP contribution in [0.4, 0.5) is 15.8 Å². The van der Waals surface area contributed by atoms with E-state index >= 15 is 0 Å². The molecule has 0 unspecified atom stereocenters. The summed E-state index contributed by atoms with van der Waals surface area (Å²) < 4.78 is 13.4. The maximum Gasteiger partial charge on any atom is 0.234 e. The number of nitrogens with one attached hydrogen (secondary N) is 2. The minimum Gasteiger partial charge on any atom is -0.325 e. The van der Waals surface area contributed by atoms with Crippen LogP contribution in [0, 0.1) is 5.82 Å². The molecule has 4 nitrogen and oxygen atoms in total. The summed E-state index contributed by atoms with van der Waals surface area (Å²) >= 11 is 6.90. The highest BCUT2D eigenvalue weighted by Crippen LogP contribution is 2.15. The van der Waals surface area contributed by atoms with Crippen LogP contribution in [0.5, 0.6) is 0 Å². The lowest BCUT2D eigenvalue weighted by molar-refractivity contribution is -0.114. The molecule has 0 saturated carbocycles. The molecule has 0 atom stereocenters.